The molecular weight excluding hydrogens is 322 g/mol. The van der Waals surface area contributed by atoms with Crippen LogP contribution in [0.4, 0.5) is 16.2 Å². The third-order valence-electron chi connectivity index (χ3n) is 4.41. The number of likely N-dealkylation sites (N-methyl/N-ethyl adjacent to an activating group) is 1. The van der Waals surface area contributed by atoms with Gasteiger partial charge in [0.05, 0.1) is 4.92 Å². The van der Waals surface area contributed by atoms with Crippen LogP contribution in [0.15, 0.2) is 24.3 Å². The highest BCUT2D eigenvalue weighted by atomic mass is 16.6. The van der Waals surface area contributed by atoms with Crippen molar-refractivity contribution in [1.29, 1.82) is 0 Å². The summed E-state index contributed by atoms with van der Waals surface area (Å²) in [5.41, 5.74) is 0.368. The molecule has 138 valence electrons. The van der Waals surface area contributed by atoms with Gasteiger partial charge in [-0.15, -0.1) is 0 Å². The van der Waals surface area contributed by atoms with Crippen molar-refractivity contribution in [1.82, 2.24) is 15.1 Å². The highest BCUT2D eigenvalue weighted by Crippen LogP contribution is 2.16. The lowest BCUT2D eigenvalue weighted by Gasteiger charge is -2.35. The van der Waals surface area contributed by atoms with Crippen molar-refractivity contribution >= 4 is 17.4 Å². The van der Waals surface area contributed by atoms with E-state index < -0.39 is 4.92 Å². The van der Waals surface area contributed by atoms with Crippen LogP contribution >= 0.6 is 0 Å². The van der Waals surface area contributed by atoms with E-state index in [-0.39, 0.29) is 11.7 Å². The van der Waals surface area contributed by atoms with Gasteiger partial charge in [0.15, 0.2) is 0 Å². The molecule has 0 aromatic heterocycles. The first-order valence-electron chi connectivity index (χ1n) is 8.72. The lowest BCUT2D eigenvalue weighted by molar-refractivity contribution is -0.384. The second kappa shape index (κ2) is 9.33. The molecule has 1 aliphatic heterocycles. The summed E-state index contributed by atoms with van der Waals surface area (Å²) in [6.45, 7) is 11.2. The van der Waals surface area contributed by atoms with Gasteiger partial charge in [0.25, 0.3) is 5.69 Å². The van der Waals surface area contributed by atoms with E-state index in [4.69, 9.17) is 0 Å². The van der Waals surface area contributed by atoms with Crippen molar-refractivity contribution in [2.45, 2.75) is 13.8 Å². The van der Waals surface area contributed by atoms with Crippen molar-refractivity contribution in [3.8, 4) is 0 Å². The predicted molar refractivity (Wildman–Crippen MR) is 97.8 cm³/mol. The Morgan fingerprint density at radius 1 is 1.28 bits per heavy atom. The Bertz CT molecular complexity index is 587. The number of urea groups is 1. The number of piperazine rings is 1. The molecule has 0 saturated carbocycles. The molecule has 0 spiro atoms. The zero-order valence-electron chi connectivity index (χ0n) is 14.9. The number of nitro groups is 1. The number of non-ortho nitro benzene ring substituents is 1. The number of anilines is 1. The topological polar surface area (TPSA) is 90.8 Å². The van der Waals surface area contributed by atoms with Crippen molar-refractivity contribution in [2.75, 3.05) is 51.1 Å². The minimum Gasteiger partial charge on any atom is -0.338 e. The zero-order valence-corrected chi connectivity index (χ0v) is 14.9. The summed E-state index contributed by atoms with van der Waals surface area (Å²) in [5, 5.41) is 16.2. The quantitative estimate of drug-likeness (QED) is 0.580. The Kier molecular flexibility index (Phi) is 7.15. The number of carbonyl (C=O) groups is 1. The smallest absolute Gasteiger partial charge is 0.319 e. The summed E-state index contributed by atoms with van der Waals surface area (Å²) in [7, 11) is 0. The monoisotopic (exact) mass is 349 g/mol. The molecular formula is C17H27N5O3. The van der Waals surface area contributed by atoms with Gasteiger partial charge in [0.1, 0.15) is 0 Å². The first kappa shape index (κ1) is 19.1. The first-order valence-corrected chi connectivity index (χ1v) is 8.72. The maximum atomic E-state index is 12.0. The Hall–Kier alpha value is -2.19. The van der Waals surface area contributed by atoms with Crippen molar-refractivity contribution in [3.05, 3.63) is 34.4 Å². The van der Waals surface area contributed by atoms with E-state index in [0.717, 1.165) is 39.3 Å². The SMILES string of the molecule is CCN1CCN(CC(C)CNC(=O)Nc2cccc([N+](=O)[O-])c2)CC1. The molecule has 8 nitrogen and oxygen atoms in total. The maximum absolute atomic E-state index is 12.0. The Labute approximate surface area is 148 Å². The van der Waals surface area contributed by atoms with Gasteiger partial charge in [-0.3, -0.25) is 10.1 Å². The summed E-state index contributed by atoms with van der Waals surface area (Å²) < 4.78 is 0. The second-order valence-corrected chi connectivity index (χ2v) is 6.48. The maximum Gasteiger partial charge on any atom is 0.319 e. The van der Waals surface area contributed by atoms with E-state index >= 15 is 0 Å². The van der Waals surface area contributed by atoms with Crippen LogP contribution in [0.2, 0.25) is 0 Å². The van der Waals surface area contributed by atoms with Crippen molar-refractivity contribution in [2.24, 2.45) is 5.92 Å². The number of nitrogens with zero attached hydrogens (tertiary/aromatic N) is 3. The van der Waals surface area contributed by atoms with Gasteiger partial charge in [0.2, 0.25) is 0 Å². The van der Waals surface area contributed by atoms with Crippen LogP contribution in [-0.2, 0) is 0 Å². The lowest BCUT2D eigenvalue weighted by atomic mass is 10.1. The molecule has 25 heavy (non-hydrogen) atoms. The number of rotatable bonds is 7. The van der Waals surface area contributed by atoms with Gasteiger partial charge < -0.3 is 20.4 Å². The van der Waals surface area contributed by atoms with Gasteiger partial charge >= 0.3 is 6.03 Å². The average molecular weight is 349 g/mol. The first-order chi connectivity index (χ1) is 12.0. The van der Waals surface area contributed by atoms with Crippen LogP contribution in [0.3, 0.4) is 0 Å². The summed E-state index contributed by atoms with van der Waals surface area (Å²) in [6.07, 6.45) is 0. The fourth-order valence-corrected chi connectivity index (χ4v) is 2.93. The molecule has 1 aliphatic rings. The second-order valence-electron chi connectivity index (χ2n) is 6.48. The number of carbonyl (C=O) groups excluding carboxylic acids is 1. The molecule has 0 radical (unpaired) electrons. The molecule has 1 fully saturated rings. The number of nitrogens with one attached hydrogen (secondary N) is 2. The zero-order chi connectivity index (χ0) is 18.2. The minimum atomic E-state index is -0.483. The van der Waals surface area contributed by atoms with E-state index in [1.54, 1.807) is 12.1 Å². The highest BCUT2D eigenvalue weighted by molar-refractivity contribution is 5.89. The van der Waals surface area contributed by atoms with Crippen LogP contribution in [0.1, 0.15) is 13.8 Å². The Morgan fingerprint density at radius 3 is 2.60 bits per heavy atom. The minimum absolute atomic E-state index is 0.0441. The van der Waals surface area contributed by atoms with Crippen LogP contribution < -0.4 is 10.6 Å². The summed E-state index contributed by atoms with van der Waals surface area (Å²) >= 11 is 0. The molecule has 1 aromatic carbocycles. The third kappa shape index (κ3) is 6.32. The number of amides is 2. The molecule has 0 bridgehead atoms. The van der Waals surface area contributed by atoms with Crippen LogP contribution in [0, 0.1) is 16.0 Å². The van der Waals surface area contributed by atoms with E-state index in [2.05, 4.69) is 34.3 Å². The molecule has 8 heteroatoms. The Morgan fingerprint density at radius 2 is 1.96 bits per heavy atom. The normalized spacial score (nSPS) is 17.0. The molecule has 1 atom stereocenters. The number of nitro benzene ring substituents is 1. The Balaban J connectivity index is 1.71. The lowest BCUT2D eigenvalue weighted by Crippen LogP contribution is -2.48. The molecule has 2 N–H and O–H groups in total. The van der Waals surface area contributed by atoms with Gasteiger partial charge in [0, 0.05) is 57.1 Å². The van der Waals surface area contributed by atoms with Crippen LogP contribution in [0.25, 0.3) is 0 Å². The van der Waals surface area contributed by atoms with Crippen molar-refractivity contribution in [3.63, 3.8) is 0 Å². The van der Waals surface area contributed by atoms with E-state index in [1.165, 1.54) is 12.1 Å². The van der Waals surface area contributed by atoms with Gasteiger partial charge in [-0.05, 0) is 18.5 Å². The number of hydrogen-bond acceptors (Lipinski definition) is 5. The third-order valence-corrected chi connectivity index (χ3v) is 4.41. The molecule has 2 rings (SSSR count). The number of benzene rings is 1. The van der Waals surface area contributed by atoms with E-state index in [1.807, 2.05) is 0 Å². The standard InChI is InChI=1S/C17H27N5O3/c1-3-20-7-9-21(10-8-20)13-14(2)12-18-17(23)19-15-5-4-6-16(11-15)22(24)25/h4-6,11,14H,3,7-10,12-13H2,1-2H3,(H2,18,19,23). The highest BCUT2D eigenvalue weighted by Gasteiger charge is 2.17. The molecule has 1 unspecified atom stereocenters. The molecule has 1 saturated heterocycles. The van der Waals surface area contributed by atoms with Crippen LogP contribution in [0.5, 0.6) is 0 Å². The fraction of sp³-hybridized carbons (Fsp3) is 0.588. The van der Waals surface area contributed by atoms with E-state index in [0.29, 0.717) is 18.2 Å². The van der Waals surface area contributed by atoms with Crippen LogP contribution in [-0.4, -0.2) is 66.6 Å². The van der Waals surface area contributed by atoms with Crippen molar-refractivity contribution < 1.29 is 9.72 Å². The van der Waals surface area contributed by atoms with E-state index in [9.17, 15) is 14.9 Å². The summed E-state index contributed by atoms with van der Waals surface area (Å²) in [4.78, 5) is 27.1. The molecule has 0 aliphatic carbocycles. The average Bonchev–Trinajstić information content (AvgIpc) is 2.61. The molecule has 1 aromatic rings. The number of hydrogen-bond donors (Lipinski definition) is 2. The summed E-state index contributed by atoms with van der Waals surface area (Å²) in [5.74, 6) is 0.337. The molecule has 2 amide bonds. The molecule has 1 heterocycles. The predicted octanol–water partition coefficient (Wildman–Crippen LogP) is 1.99. The largest absolute Gasteiger partial charge is 0.338 e. The summed E-state index contributed by atoms with van der Waals surface area (Å²) in [6, 6.07) is 5.57. The van der Waals surface area contributed by atoms with Gasteiger partial charge in [-0.25, -0.2) is 4.79 Å². The fourth-order valence-electron chi connectivity index (χ4n) is 2.93. The van der Waals surface area contributed by atoms with Gasteiger partial charge in [-0.2, -0.15) is 0 Å². The van der Waals surface area contributed by atoms with Gasteiger partial charge in [-0.1, -0.05) is 19.9 Å².